The molecule has 100 valence electrons. The molecule has 0 atom stereocenters. The SMILES string of the molecule is CCCc1nc(=S)cc(-c2ccc(C)c(F)c2F)[nH]1. The average molecular weight is 280 g/mol. The van der Waals surface area contributed by atoms with Crippen molar-refractivity contribution < 1.29 is 8.78 Å². The summed E-state index contributed by atoms with van der Waals surface area (Å²) in [5, 5.41) is 0. The molecule has 0 aliphatic heterocycles. The summed E-state index contributed by atoms with van der Waals surface area (Å²) in [6.45, 7) is 3.54. The number of hydrogen-bond donors (Lipinski definition) is 1. The smallest absolute Gasteiger partial charge is 0.168 e. The maximum Gasteiger partial charge on any atom is 0.168 e. The Hall–Kier alpha value is -1.62. The van der Waals surface area contributed by atoms with Crippen LogP contribution in [0.4, 0.5) is 8.78 Å². The number of aromatic nitrogens is 2. The Bertz CT molecular complexity index is 665. The molecular formula is C14H14F2N2S. The molecule has 0 amide bonds. The summed E-state index contributed by atoms with van der Waals surface area (Å²) < 4.78 is 27.9. The molecule has 0 unspecified atom stereocenters. The molecular weight excluding hydrogens is 266 g/mol. The molecule has 2 aromatic rings. The number of aromatic amines is 1. The molecule has 0 fully saturated rings. The van der Waals surface area contributed by atoms with Crippen molar-refractivity contribution in [2.45, 2.75) is 26.7 Å². The first-order valence-electron chi connectivity index (χ1n) is 6.08. The van der Waals surface area contributed by atoms with Crippen LogP contribution in [0.25, 0.3) is 11.3 Å². The van der Waals surface area contributed by atoms with Gasteiger partial charge in [-0.1, -0.05) is 25.2 Å². The molecule has 19 heavy (non-hydrogen) atoms. The van der Waals surface area contributed by atoms with Gasteiger partial charge in [-0.15, -0.1) is 0 Å². The highest BCUT2D eigenvalue weighted by Crippen LogP contribution is 2.24. The minimum Gasteiger partial charge on any atom is -0.343 e. The molecule has 5 heteroatoms. The highest BCUT2D eigenvalue weighted by molar-refractivity contribution is 7.71. The summed E-state index contributed by atoms with van der Waals surface area (Å²) in [5.41, 5.74) is 0.913. The second-order valence-corrected chi connectivity index (χ2v) is 4.81. The zero-order chi connectivity index (χ0) is 14.0. The molecule has 0 aliphatic carbocycles. The Morgan fingerprint density at radius 1 is 1.26 bits per heavy atom. The molecule has 1 aromatic carbocycles. The molecule has 0 aliphatic rings. The monoisotopic (exact) mass is 280 g/mol. The lowest BCUT2D eigenvalue weighted by Gasteiger charge is -2.08. The van der Waals surface area contributed by atoms with E-state index >= 15 is 0 Å². The number of H-pyrrole nitrogens is 1. The lowest BCUT2D eigenvalue weighted by atomic mass is 10.1. The van der Waals surface area contributed by atoms with Gasteiger partial charge in [0.1, 0.15) is 10.5 Å². The van der Waals surface area contributed by atoms with Gasteiger partial charge in [0.15, 0.2) is 11.6 Å². The maximum absolute atomic E-state index is 13.9. The molecule has 0 spiro atoms. The fourth-order valence-corrected chi connectivity index (χ4v) is 2.09. The highest BCUT2D eigenvalue weighted by Gasteiger charge is 2.13. The fourth-order valence-electron chi connectivity index (χ4n) is 1.86. The van der Waals surface area contributed by atoms with Gasteiger partial charge in [0.25, 0.3) is 0 Å². The van der Waals surface area contributed by atoms with Crippen LogP contribution in [0.3, 0.4) is 0 Å². The van der Waals surface area contributed by atoms with E-state index in [2.05, 4.69) is 9.97 Å². The maximum atomic E-state index is 13.9. The number of halogens is 2. The second kappa shape index (κ2) is 5.57. The Balaban J connectivity index is 2.59. The summed E-state index contributed by atoms with van der Waals surface area (Å²) in [6.07, 6.45) is 1.61. The Morgan fingerprint density at radius 2 is 2.00 bits per heavy atom. The summed E-state index contributed by atoms with van der Waals surface area (Å²) in [4.78, 5) is 7.17. The summed E-state index contributed by atoms with van der Waals surface area (Å²) >= 11 is 5.06. The second-order valence-electron chi connectivity index (χ2n) is 4.39. The topological polar surface area (TPSA) is 28.7 Å². The first-order valence-corrected chi connectivity index (χ1v) is 6.49. The van der Waals surface area contributed by atoms with Gasteiger partial charge in [-0.3, -0.25) is 0 Å². The number of nitrogens with zero attached hydrogens (tertiary/aromatic N) is 1. The standard InChI is InChI=1S/C14H14F2N2S/c1-3-4-11-17-10(7-12(19)18-11)9-6-5-8(2)13(15)14(9)16/h5-7H,3-4H2,1-2H3,(H,17,18,19). The highest BCUT2D eigenvalue weighted by atomic mass is 32.1. The van der Waals surface area contributed by atoms with Crippen LogP contribution in [-0.2, 0) is 6.42 Å². The zero-order valence-electron chi connectivity index (χ0n) is 10.8. The van der Waals surface area contributed by atoms with Gasteiger partial charge in [0, 0.05) is 12.0 Å². The third kappa shape index (κ3) is 2.87. The number of hydrogen-bond acceptors (Lipinski definition) is 2. The van der Waals surface area contributed by atoms with Crippen LogP contribution in [-0.4, -0.2) is 9.97 Å². The van der Waals surface area contributed by atoms with Gasteiger partial charge in [0.05, 0.1) is 5.69 Å². The predicted molar refractivity (Wildman–Crippen MR) is 73.5 cm³/mol. The molecule has 2 nitrogen and oxygen atoms in total. The van der Waals surface area contributed by atoms with Crippen LogP contribution in [0.2, 0.25) is 0 Å². The molecule has 0 saturated carbocycles. The van der Waals surface area contributed by atoms with Crippen LogP contribution in [0.15, 0.2) is 18.2 Å². The van der Waals surface area contributed by atoms with Crippen LogP contribution in [0.1, 0.15) is 24.7 Å². The Morgan fingerprint density at radius 3 is 2.68 bits per heavy atom. The first-order chi connectivity index (χ1) is 9.02. The van der Waals surface area contributed by atoms with E-state index in [4.69, 9.17) is 12.2 Å². The Kier molecular flexibility index (Phi) is 4.04. The van der Waals surface area contributed by atoms with Crippen LogP contribution >= 0.6 is 12.2 Å². The minimum atomic E-state index is -0.862. The molecule has 1 heterocycles. The lowest BCUT2D eigenvalue weighted by molar-refractivity contribution is 0.505. The summed E-state index contributed by atoms with van der Waals surface area (Å²) in [6, 6.07) is 4.64. The molecule has 1 aromatic heterocycles. The van der Waals surface area contributed by atoms with E-state index in [1.165, 1.54) is 6.92 Å². The van der Waals surface area contributed by atoms with Gasteiger partial charge >= 0.3 is 0 Å². The zero-order valence-corrected chi connectivity index (χ0v) is 11.6. The van der Waals surface area contributed by atoms with E-state index < -0.39 is 11.6 Å². The quantitative estimate of drug-likeness (QED) is 0.847. The van der Waals surface area contributed by atoms with Crippen molar-refractivity contribution in [2.75, 3.05) is 0 Å². The van der Waals surface area contributed by atoms with E-state index in [-0.39, 0.29) is 11.1 Å². The van der Waals surface area contributed by atoms with Crippen molar-refractivity contribution in [3.8, 4) is 11.3 Å². The van der Waals surface area contributed by atoms with Crippen molar-refractivity contribution in [2.24, 2.45) is 0 Å². The van der Waals surface area contributed by atoms with E-state index in [0.29, 0.717) is 22.6 Å². The average Bonchev–Trinajstić information content (AvgIpc) is 2.36. The number of rotatable bonds is 3. The van der Waals surface area contributed by atoms with Crippen molar-refractivity contribution >= 4 is 12.2 Å². The van der Waals surface area contributed by atoms with Crippen molar-refractivity contribution in [3.63, 3.8) is 0 Å². The minimum absolute atomic E-state index is 0.175. The molecule has 0 radical (unpaired) electrons. The first kappa shape index (κ1) is 13.8. The van der Waals surface area contributed by atoms with Gasteiger partial charge in [-0.2, -0.15) is 0 Å². The van der Waals surface area contributed by atoms with E-state index in [9.17, 15) is 8.78 Å². The van der Waals surface area contributed by atoms with Crippen molar-refractivity contribution in [3.05, 3.63) is 45.9 Å². The largest absolute Gasteiger partial charge is 0.343 e. The van der Waals surface area contributed by atoms with Crippen molar-refractivity contribution in [1.29, 1.82) is 0 Å². The van der Waals surface area contributed by atoms with E-state index in [0.717, 1.165) is 6.42 Å². The molecule has 0 saturated heterocycles. The van der Waals surface area contributed by atoms with Gasteiger partial charge < -0.3 is 4.98 Å². The summed E-state index contributed by atoms with van der Waals surface area (Å²) in [7, 11) is 0. The molecule has 1 N–H and O–H groups in total. The fraction of sp³-hybridized carbons (Fsp3) is 0.286. The Labute approximate surface area is 115 Å². The van der Waals surface area contributed by atoms with Gasteiger partial charge in [-0.25, -0.2) is 13.8 Å². The number of aryl methyl sites for hydroxylation is 2. The van der Waals surface area contributed by atoms with Crippen LogP contribution in [0.5, 0.6) is 0 Å². The van der Waals surface area contributed by atoms with Crippen LogP contribution < -0.4 is 0 Å². The third-order valence-electron chi connectivity index (χ3n) is 2.84. The third-order valence-corrected chi connectivity index (χ3v) is 3.05. The van der Waals surface area contributed by atoms with Crippen molar-refractivity contribution in [1.82, 2.24) is 9.97 Å². The number of nitrogens with one attached hydrogen (secondary N) is 1. The van der Waals surface area contributed by atoms with Crippen LogP contribution in [0, 0.1) is 23.2 Å². The molecule has 2 rings (SSSR count). The molecule has 0 bridgehead atoms. The normalized spacial score (nSPS) is 10.7. The number of benzene rings is 1. The predicted octanol–water partition coefficient (Wildman–Crippen LogP) is 4.35. The lowest BCUT2D eigenvalue weighted by Crippen LogP contribution is -2.00. The van der Waals surface area contributed by atoms with E-state index in [1.807, 2.05) is 6.92 Å². The van der Waals surface area contributed by atoms with E-state index in [1.54, 1.807) is 18.2 Å². The van der Waals surface area contributed by atoms with Gasteiger partial charge in [0.2, 0.25) is 0 Å². The van der Waals surface area contributed by atoms with Gasteiger partial charge in [-0.05, 0) is 31.0 Å². The summed E-state index contributed by atoms with van der Waals surface area (Å²) in [5.74, 6) is -1.00.